The first-order valence-corrected chi connectivity index (χ1v) is 12.1. The van der Waals surface area contributed by atoms with Gasteiger partial charge in [-0.2, -0.15) is 4.31 Å². The number of hydrogen-bond acceptors (Lipinski definition) is 6. The number of anilines is 1. The molecule has 0 saturated carbocycles. The number of sulfonamides is 1. The zero-order valence-corrected chi connectivity index (χ0v) is 18.9. The predicted octanol–water partition coefficient (Wildman–Crippen LogP) is 4.21. The number of aromatic nitrogens is 2. The molecule has 1 saturated heterocycles. The molecular formula is C21H20F2N4O3S2. The molecule has 2 heterocycles. The zero-order valence-electron chi connectivity index (χ0n) is 17.3. The molecule has 4 rings (SSSR count). The summed E-state index contributed by atoms with van der Waals surface area (Å²) in [6, 6.07) is 7.27. The van der Waals surface area contributed by atoms with Gasteiger partial charge in [0, 0.05) is 12.6 Å². The number of rotatable bonds is 5. The summed E-state index contributed by atoms with van der Waals surface area (Å²) in [5, 5.41) is 10.6. The normalized spacial score (nSPS) is 16.9. The van der Waals surface area contributed by atoms with E-state index in [1.165, 1.54) is 4.31 Å². The summed E-state index contributed by atoms with van der Waals surface area (Å²) >= 11 is 0.950. The van der Waals surface area contributed by atoms with Crippen LogP contribution in [0.4, 0.5) is 14.5 Å². The summed E-state index contributed by atoms with van der Waals surface area (Å²) in [6.07, 6.45) is 1.20. The fourth-order valence-electron chi connectivity index (χ4n) is 3.51. The highest BCUT2D eigenvalue weighted by atomic mass is 32.2. The largest absolute Gasteiger partial charge is 0.317 e. The number of benzene rings is 2. The molecule has 0 radical (unpaired) electrons. The second-order valence-electron chi connectivity index (χ2n) is 7.54. The fourth-order valence-corrected chi connectivity index (χ4v) is 6.21. The molecule has 1 aromatic heterocycles. The molecule has 168 valence electrons. The monoisotopic (exact) mass is 478 g/mol. The van der Waals surface area contributed by atoms with Crippen molar-refractivity contribution >= 4 is 33.0 Å². The van der Waals surface area contributed by atoms with Crippen LogP contribution in [0.3, 0.4) is 0 Å². The molecule has 0 bridgehead atoms. The number of aryl methyl sites for hydroxylation is 2. The van der Waals surface area contributed by atoms with Crippen molar-refractivity contribution in [2.24, 2.45) is 0 Å². The third-order valence-corrected chi connectivity index (χ3v) is 8.32. The van der Waals surface area contributed by atoms with Gasteiger partial charge in [-0.25, -0.2) is 17.2 Å². The SMILES string of the molecule is Cc1ccc(S(=O)(=O)N2CCC[C@H]2c2nnc(C(=O)Nc3ccc(F)cc3F)s2)cc1C. The van der Waals surface area contributed by atoms with E-state index >= 15 is 0 Å². The van der Waals surface area contributed by atoms with E-state index in [0.717, 1.165) is 34.6 Å². The van der Waals surface area contributed by atoms with E-state index in [4.69, 9.17) is 0 Å². The van der Waals surface area contributed by atoms with Gasteiger partial charge < -0.3 is 5.32 Å². The van der Waals surface area contributed by atoms with Crippen molar-refractivity contribution < 1.29 is 22.0 Å². The first-order valence-electron chi connectivity index (χ1n) is 9.85. The lowest BCUT2D eigenvalue weighted by Gasteiger charge is -2.22. The van der Waals surface area contributed by atoms with Gasteiger partial charge in [-0.3, -0.25) is 4.79 Å². The van der Waals surface area contributed by atoms with Crippen molar-refractivity contribution in [2.45, 2.75) is 37.6 Å². The van der Waals surface area contributed by atoms with Crippen molar-refractivity contribution in [1.82, 2.24) is 14.5 Å². The van der Waals surface area contributed by atoms with Gasteiger partial charge in [0.15, 0.2) is 0 Å². The van der Waals surface area contributed by atoms with Crippen molar-refractivity contribution in [3.8, 4) is 0 Å². The number of carbonyl (C=O) groups excluding carboxylic acids is 1. The minimum absolute atomic E-state index is 0.0425. The fraction of sp³-hybridized carbons (Fsp3) is 0.286. The summed E-state index contributed by atoms with van der Waals surface area (Å²) < 4.78 is 54.8. The number of amides is 1. The minimum atomic E-state index is -3.76. The third kappa shape index (κ3) is 4.27. The van der Waals surface area contributed by atoms with Crippen LogP contribution in [0.2, 0.25) is 0 Å². The van der Waals surface area contributed by atoms with Gasteiger partial charge in [-0.1, -0.05) is 17.4 Å². The Morgan fingerprint density at radius 1 is 1.12 bits per heavy atom. The maximum Gasteiger partial charge on any atom is 0.286 e. The molecule has 1 N–H and O–H groups in total. The molecule has 1 aliphatic heterocycles. The lowest BCUT2D eigenvalue weighted by molar-refractivity contribution is 0.102. The van der Waals surface area contributed by atoms with Gasteiger partial charge in [-0.05, 0) is 62.1 Å². The average molecular weight is 479 g/mol. The average Bonchev–Trinajstić information content (AvgIpc) is 3.41. The highest BCUT2D eigenvalue weighted by Gasteiger charge is 2.38. The van der Waals surface area contributed by atoms with Crippen LogP contribution in [0.1, 0.15) is 44.8 Å². The van der Waals surface area contributed by atoms with Crippen LogP contribution in [0.5, 0.6) is 0 Å². The molecular weight excluding hydrogens is 458 g/mol. The Kier molecular flexibility index (Phi) is 6.06. The van der Waals surface area contributed by atoms with Crippen molar-refractivity contribution in [3.63, 3.8) is 0 Å². The summed E-state index contributed by atoms with van der Waals surface area (Å²) in [4.78, 5) is 12.7. The quantitative estimate of drug-likeness (QED) is 0.593. The molecule has 1 aliphatic rings. The van der Waals surface area contributed by atoms with Crippen LogP contribution in [0.25, 0.3) is 0 Å². The van der Waals surface area contributed by atoms with Gasteiger partial charge in [0.25, 0.3) is 5.91 Å². The topological polar surface area (TPSA) is 92.3 Å². The third-order valence-electron chi connectivity index (χ3n) is 5.39. The molecule has 0 aliphatic carbocycles. The van der Waals surface area contributed by atoms with E-state index < -0.39 is 33.6 Å². The van der Waals surface area contributed by atoms with Crippen LogP contribution in [-0.4, -0.2) is 35.4 Å². The van der Waals surface area contributed by atoms with Crippen molar-refractivity contribution in [3.05, 3.63) is 69.2 Å². The summed E-state index contributed by atoms with van der Waals surface area (Å²) in [6.45, 7) is 4.10. The number of nitrogens with one attached hydrogen (secondary N) is 1. The Morgan fingerprint density at radius 3 is 2.62 bits per heavy atom. The first-order chi connectivity index (χ1) is 15.2. The van der Waals surface area contributed by atoms with Crippen LogP contribution in [0, 0.1) is 25.5 Å². The van der Waals surface area contributed by atoms with Crippen molar-refractivity contribution in [1.29, 1.82) is 0 Å². The molecule has 2 aromatic carbocycles. The van der Waals surface area contributed by atoms with E-state index in [1.54, 1.807) is 18.2 Å². The lowest BCUT2D eigenvalue weighted by atomic mass is 10.1. The minimum Gasteiger partial charge on any atom is -0.317 e. The number of hydrogen-bond donors (Lipinski definition) is 1. The Bertz CT molecular complexity index is 1290. The number of nitrogens with zero attached hydrogens (tertiary/aromatic N) is 3. The van der Waals surface area contributed by atoms with Crippen LogP contribution in [0.15, 0.2) is 41.3 Å². The van der Waals surface area contributed by atoms with Gasteiger partial charge >= 0.3 is 0 Å². The summed E-state index contributed by atoms with van der Waals surface area (Å²) in [7, 11) is -3.76. The van der Waals surface area contributed by atoms with E-state index in [9.17, 15) is 22.0 Å². The second kappa shape index (κ2) is 8.64. The smallest absolute Gasteiger partial charge is 0.286 e. The number of carbonyl (C=O) groups is 1. The molecule has 3 aromatic rings. The van der Waals surface area contributed by atoms with Crippen LogP contribution >= 0.6 is 11.3 Å². The predicted molar refractivity (Wildman–Crippen MR) is 116 cm³/mol. The van der Waals surface area contributed by atoms with Crippen LogP contribution < -0.4 is 5.32 Å². The first kappa shape index (κ1) is 22.4. The van der Waals surface area contributed by atoms with E-state index in [1.807, 2.05) is 13.8 Å². The Balaban J connectivity index is 1.56. The Morgan fingerprint density at radius 2 is 1.91 bits per heavy atom. The second-order valence-corrected chi connectivity index (χ2v) is 10.4. The number of halogens is 2. The maximum absolute atomic E-state index is 13.8. The van der Waals surface area contributed by atoms with Gasteiger partial charge in [0.2, 0.25) is 15.0 Å². The molecule has 32 heavy (non-hydrogen) atoms. The van der Waals surface area contributed by atoms with Crippen LogP contribution in [-0.2, 0) is 10.0 Å². The summed E-state index contributed by atoms with van der Waals surface area (Å²) in [5.74, 6) is -2.38. The Hall–Kier alpha value is -2.76. The lowest BCUT2D eigenvalue weighted by Crippen LogP contribution is -2.30. The highest BCUT2D eigenvalue weighted by molar-refractivity contribution is 7.89. The van der Waals surface area contributed by atoms with Gasteiger partial charge in [-0.15, -0.1) is 10.2 Å². The molecule has 0 spiro atoms. The highest BCUT2D eigenvalue weighted by Crippen LogP contribution is 2.38. The molecule has 11 heteroatoms. The van der Waals surface area contributed by atoms with Gasteiger partial charge in [0.05, 0.1) is 16.6 Å². The molecule has 1 atom stereocenters. The molecule has 1 fully saturated rings. The van der Waals surface area contributed by atoms with Gasteiger partial charge in [0.1, 0.15) is 16.6 Å². The standard InChI is InChI=1S/C21H20F2N4O3S2/c1-12-5-7-15(10-13(12)2)32(29,30)27-9-3-4-18(27)20-25-26-21(31-20)19(28)24-17-8-6-14(22)11-16(17)23/h5-8,10-11,18H,3-4,9H2,1-2H3,(H,24,28)/t18-/m0/s1. The molecule has 7 nitrogen and oxygen atoms in total. The maximum atomic E-state index is 13.8. The van der Waals surface area contributed by atoms with E-state index in [2.05, 4.69) is 15.5 Å². The Labute approximate surface area is 188 Å². The molecule has 1 amide bonds. The van der Waals surface area contributed by atoms with Crippen molar-refractivity contribution in [2.75, 3.05) is 11.9 Å². The van der Waals surface area contributed by atoms with E-state index in [-0.39, 0.29) is 15.6 Å². The van der Waals surface area contributed by atoms with E-state index in [0.29, 0.717) is 30.5 Å². The zero-order chi connectivity index (χ0) is 23.0. The summed E-state index contributed by atoms with van der Waals surface area (Å²) in [5.41, 5.74) is 1.69. The molecule has 0 unspecified atom stereocenters.